The van der Waals surface area contributed by atoms with E-state index in [2.05, 4.69) is 6.92 Å². The number of carboxylic acid groups (broad SMARTS) is 1. The summed E-state index contributed by atoms with van der Waals surface area (Å²) in [5.41, 5.74) is 1.44. The number of aromatic carboxylic acids is 1. The smallest absolute Gasteiger partial charge is 0.335 e. The van der Waals surface area contributed by atoms with E-state index < -0.39 is 5.97 Å². The number of likely N-dealkylation sites (tertiary alicyclic amines) is 1. The predicted octanol–water partition coefficient (Wildman–Crippen LogP) is 2.18. The Balaban J connectivity index is 2.27. The lowest BCUT2D eigenvalue weighted by Crippen LogP contribution is -2.28. The molecule has 1 atom stereocenters. The van der Waals surface area contributed by atoms with Gasteiger partial charge in [0.2, 0.25) is 0 Å². The summed E-state index contributed by atoms with van der Waals surface area (Å²) in [6.07, 6.45) is 1.02. The monoisotopic (exact) mass is 247 g/mol. The van der Waals surface area contributed by atoms with E-state index in [-0.39, 0.29) is 11.5 Å². The molecule has 4 heteroatoms. The Hall–Kier alpha value is -1.84. The van der Waals surface area contributed by atoms with Crippen LogP contribution < -0.4 is 0 Å². The van der Waals surface area contributed by atoms with Crippen LogP contribution in [0.4, 0.5) is 0 Å². The number of carbonyl (C=O) groups excluding carboxylic acids is 1. The molecule has 0 aliphatic carbocycles. The van der Waals surface area contributed by atoms with Gasteiger partial charge in [-0.3, -0.25) is 4.79 Å². The topological polar surface area (TPSA) is 57.6 Å². The number of amides is 1. The quantitative estimate of drug-likeness (QED) is 0.871. The average molecular weight is 247 g/mol. The van der Waals surface area contributed by atoms with E-state index in [1.165, 1.54) is 6.07 Å². The predicted molar refractivity (Wildman–Crippen MR) is 67.8 cm³/mol. The van der Waals surface area contributed by atoms with Crippen LogP contribution in [0.2, 0.25) is 0 Å². The summed E-state index contributed by atoms with van der Waals surface area (Å²) in [4.78, 5) is 25.0. The van der Waals surface area contributed by atoms with E-state index in [1.54, 1.807) is 24.0 Å². The van der Waals surface area contributed by atoms with Gasteiger partial charge in [-0.2, -0.15) is 0 Å². The van der Waals surface area contributed by atoms with Crippen molar-refractivity contribution in [3.8, 4) is 0 Å². The van der Waals surface area contributed by atoms with Crippen LogP contribution in [0.3, 0.4) is 0 Å². The normalized spacial score (nSPS) is 19.0. The molecular weight excluding hydrogens is 230 g/mol. The van der Waals surface area contributed by atoms with Gasteiger partial charge in [0.1, 0.15) is 0 Å². The molecule has 1 aliphatic heterocycles. The number of hydrogen-bond donors (Lipinski definition) is 1. The van der Waals surface area contributed by atoms with Gasteiger partial charge < -0.3 is 10.0 Å². The van der Waals surface area contributed by atoms with Crippen LogP contribution in [-0.4, -0.2) is 35.0 Å². The molecule has 1 aromatic rings. The largest absolute Gasteiger partial charge is 0.478 e. The van der Waals surface area contributed by atoms with Crippen molar-refractivity contribution in [2.24, 2.45) is 5.92 Å². The summed E-state index contributed by atoms with van der Waals surface area (Å²) in [7, 11) is 0. The Kier molecular flexibility index (Phi) is 3.36. The van der Waals surface area contributed by atoms with Gasteiger partial charge in [0.25, 0.3) is 5.91 Å². The molecule has 1 N–H and O–H groups in total. The summed E-state index contributed by atoms with van der Waals surface area (Å²) >= 11 is 0. The number of carbonyl (C=O) groups is 2. The van der Waals surface area contributed by atoms with Crippen molar-refractivity contribution in [3.63, 3.8) is 0 Å². The summed E-state index contributed by atoms with van der Waals surface area (Å²) in [6.45, 7) is 5.44. The molecule has 4 nitrogen and oxygen atoms in total. The van der Waals surface area contributed by atoms with Crippen molar-refractivity contribution in [1.29, 1.82) is 0 Å². The molecule has 0 radical (unpaired) electrons. The number of hydrogen-bond acceptors (Lipinski definition) is 2. The van der Waals surface area contributed by atoms with Crippen LogP contribution in [-0.2, 0) is 0 Å². The van der Waals surface area contributed by atoms with Crippen LogP contribution >= 0.6 is 0 Å². The van der Waals surface area contributed by atoms with Gasteiger partial charge in [-0.05, 0) is 43.0 Å². The molecule has 96 valence electrons. The maximum atomic E-state index is 12.3. The molecular formula is C14H17NO3. The molecule has 1 fully saturated rings. The van der Waals surface area contributed by atoms with E-state index >= 15 is 0 Å². The second-order valence-corrected chi connectivity index (χ2v) is 5.04. The minimum atomic E-state index is -0.998. The molecule has 1 amide bonds. The highest BCUT2D eigenvalue weighted by Gasteiger charge is 2.24. The number of nitrogens with zero attached hydrogens (tertiary/aromatic N) is 1. The molecule has 0 bridgehead atoms. The third kappa shape index (κ3) is 2.53. The number of benzene rings is 1. The third-order valence-corrected chi connectivity index (χ3v) is 3.28. The fourth-order valence-corrected chi connectivity index (χ4v) is 2.33. The molecule has 0 aromatic heterocycles. The van der Waals surface area contributed by atoms with Crippen molar-refractivity contribution in [1.82, 2.24) is 4.90 Å². The maximum absolute atomic E-state index is 12.3. The molecule has 1 saturated heterocycles. The Bertz CT molecular complexity index is 496. The summed E-state index contributed by atoms with van der Waals surface area (Å²) < 4.78 is 0. The van der Waals surface area contributed by atoms with E-state index in [9.17, 15) is 9.59 Å². The van der Waals surface area contributed by atoms with Crippen molar-refractivity contribution in [2.45, 2.75) is 20.3 Å². The molecule has 2 rings (SSSR count). The first-order valence-corrected chi connectivity index (χ1v) is 6.11. The van der Waals surface area contributed by atoms with Crippen molar-refractivity contribution in [3.05, 3.63) is 34.9 Å². The van der Waals surface area contributed by atoms with Gasteiger partial charge in [0, 0.05) is 18.7 Å². The second kappa shape index (κ2) is 4.80. The SMILES string of the molecule is Cc1cc(C(=O)O)cc(C(=O)N2CCC(C)C2)c1. The lowest BCUT2D eigenvalue weighted by atomic mass is 10.1. The van der Waals surface area contributed by atoms with Gasteiger partial charge >= 0.3 is 5.97 Å². The van der Waals surface area contributed by atoms with E-state index in [0.717, 1.165) is 25.1 Å². The Morgan fingerprint density at radius 1 is 1.28 bits per heavy atom. The van der Waals surface area contributed by atoms with E-state index in [1.807, 2.05) is 0 Å². The van der Waals surface area contributed by atoms with Crippen LogP contribution in [0.1, 0.15) is 39.6 Å². The van der Waals surface area contributed by atoms with Crippen LogP contribution in [0.5, 0.6) is 0 Å². The van der Waals surface area contributed by atoms with Crippen LogP contribution in [0, 0.1) is 12.8 Å². The summed E-state index contributed by atoms with van der Waals surface area (Å²) in [5, 5.41) is 9.00. The molecule has 1 heterocycles. The zero-order valence-corrected chi connectivity index (χ0v) is 10.6. The fraction of sp³-hybridized carbons (Fsp3) is 0.429. The maximum Gasteiger partial charge on any atom is 0.335 e. The minimum absolute atomic E-state index is 0.0643. The first kappa shape index (κ1) is 12.6. The highest BCUT2D eigenvalue weighted by atomic mass is 16.4. The second-order valence-electron chi connectivity index (χ2n) is 5.04. The number of rotatable bonds is 2. The molecule has 1 unspecified atom stereocenters. The minimum Gasteiger partial charge on any atom is -0.478 e. The van der Waals surface area contributed by atoms with Gasteiger partial charge in [-0.1, -0.05) is 6.92 Å². The van der Waals surface area contributed by atoms with Gasteiger partial charge in [-0.25, -0.2) is 4.79 Å². The highest BCUT2D eigenvalue weighted by Crippen LogP contribution is 2.19. The van der Waals surface area contributed by atoms with Gasteiger partial charge in [-0.15, -0.1) is 0 Å². The zero-order chi connectivity index (χ0) is 13.3. The zero-order valence-electron chi connectivity index (χ0n) is 10.6. The van der Waals surface area contributed by atoms with E-state index in [4.69, 9.17) is 5.11 Å². The number of carboxylic acids is 1. The number of aryl methyl sites for hydroxylation is 1. The van der Waals surface area contributed by atoms with Gasteiger partial charge in [0.05, 0.1) is 5.56 Å². The lowest BCUT2D eigenvalue weighted by molar-refractivity contribution is 0.0696. The summed E-state index contributed by atoms with van der Waals surface area (Å²) in [6, 6.07) is 4.78. The molecule has 18 heavy (non-hydrogen) atoms. The van der Waals surface area contributed by atoms with Crippen molar-refractivity contribution in [2.75, 3.05) is 13.1 Å². The lowest BCUT2D eigenvalue weighted by Gasteiger charge is -2.16. The molecule has 1 aliphatic rings. The van der Waals surface area contributed by atoms with Crippen molar-refractivity contribution >= 4 is 11.9 Å². The molecule has 1 aromatic carbocycles. The van der Waals surface area contributed by atoms with Crippen LogP contribution in [0.15, 0.2) is 18.2 Å². The van der Waals surface area contributed by atoms with Crippen molar-refractivity contribution < 1.29 is 14.7 Å². The Morgan fingerprint density at radius 2 is 1.94 bits per heavy atom. The third-order valence-electron chi connectivity index (χ3n) is 3.28. The Morgan fingerprint density at radius 3 is 2.50 bits per heavy atom. The Labute approximate surface area is 106 Å². The highest BCUT2D eigenvalue weighted by molar-refractivity contribution is 5.98. The standard InChI is InChI=1S/C14H17NO3/c1-9-3-4-15(8-9)13(16)11-5-10(2)6-12(7-11)14(17)18/h5-7,9H,3-4,8H2,1-2H3,(H,17,18). The fourth-order valence-electron chi connectivity index (χ4n) is 2.33. The van der Waals surface area contributed by atoms with E-state index in [0.29, 0.717) is 11.5 Å². The average Bonchev–Trinajstić information content (AvgIpc) is 2.74. The first-order chi connectivity index (χ1) is 8.47. The summed E-state index contributed by atoms with van der Waals surface area (Å²) in [5.74, 6) is -0.536. The first-order valence-electron chi connectivity index (χ1n) is 6.11. The van der Waals surface area contributed by atoms with Crippen LogP contribution in [0.25, 0.3) is 0 Å². The molecule has 0 saturated carbocycles. The molecule has 0 spiro atoms. The van der Waals surface area contributed by atoms with Gasteiger partial charge in [0.15, 0.2) is 0 Å².